The molecule has 0 aliphatic carbocycles. The van der Waals surface area contributed by atoms with Gasteiger partial charge in [0.15, 0.2) is 11.0 Å². The normalized spacial score (nSPS) is 12.7. The van der Waals surface area contributed by atoms with Crippen molar-refractivity contribution in [2.75, 3.05) is 19.0 Å². The number of nitrogens with zero attached hydrogens (tertiary/aromatic N) is 4. The minimum atomic E-state index is -0.942. The number of hydrogen-bond donors (Lipinski definition) is 1. The van der Waals surface area contributed by atoms with E-state index in [9.17, 15) is 4.79 Å². The lowest BCUT2D eigenvalue weighted by Gasteiger charge is -2.15. The summed E-state index contributed by atoms with van der Waals surface area (Å²) in [6.07, 6.45) is 1.64. The topological polar surface area (TPSA) is 78.7 Å². The van der Waals surface area contributed by atoms with Gasteiger partial charge in [-0.1, -0.05) is 13.0 Å². The number of aliphatic imine (C=N–C) groups is 1. The number of fused-ring (bicyclic) bond motifs is 1. The third-order valence-corrected chi connectivity index (χ3v) is 4.54. The van der Waals surface area contributed by atoms with Crippen LogP contribution in [0.5, 0.6) is 0 Å². The van der Waals surface area contributed by atoms with Gasteiger partial charge < -0.3 is 10.0 Å². The second-order valence-corrected chi connectivity index (χ2v) is 6.70. The van der Waals surface area contributed by atoms with Crippen LogP contribution in [0.1, 0.15) is 29.4 Å². The highest BCUT2D eigenvalue weighted by Gasteiger charge is 2.22. The molecule has 1 N–H and O–H groups in total. The van der Waals surface area contributed by atoms with Gasteiger partial charge in [-0.25, -0.2) is 14.8 Å². The molecule has 24 heavy (non-hydrogen) atoms. The van der Waals surface area contributed by atoms with Crippen molar-refractivity contribution in [3.63, 3.8) is 0 Å². The van der Waals surface area contributed by atoms with Crippen molar-refractivity contribution in [2.24, 2.45) is 4.99 Å². The molecule has 3 rings (SSSR count). The maximum atomic E-state index is 11.1. The second kappa shape index (κ2) is 6.60. The first-order valence-electron chi connectivity index (χ1n) is 7.63. The van der Waals surface area contributed by atoms with Gasteiger partial charge in [-0.15, -0.1) is 0 Å². The number of aromatic nitrogens is 2. The fourth-order valence-corrected chi connectivity index (χ4v) is 3.29. The number of aromatic carboxylic acids is 1. The summed E-state index contributed by atoms with van der Waals surface area (Å²) in [4.78, 5) is 27.7. The van der Waals surface area contributed by atoms with Gasteiger partial charge in [0.25, 0.3) is 0 Å². The van der Waals surface area contributed by atoms with Crippen LogP contribution in [0.2, 0.25) is 0 Å². The van der Waals surface area contributed by atoms with E-state index in [0.717, 1.165) is 40.6 Å². The summed E-state index contributed by atoms with van der Waals surface area (Å²) in [5, 5.41) is 9.72. The molecule has 2 heterocycles. The maximum Gasteiger partial charge on any atom is 0.335 e. The van der Waals surface area contributed by atoms with Crippen LogP contribution < -0.4 is 4.90 Å². The van der Waals surface area contributed by atoms with Gasteiger partial charge in [-0.3, -0.25) is 4.99 Å². The number of carbonyl (C=O) groups is 1. The molecule has 1 aromatic carbocycles. The van der Waals surface area contributed by atoms with Gasteiger partial charge >= 0.3 is 5.97 Å². The quantitative estimate of drug-likeness (QED) is 0.839. The first-order valence-corrected chi connectivity index (χ1v) is 8.45. The Labute approximate surface area is 144 Å². The summed E-state index contributed by atoms with van der Waals surface area (Å²) >= 11 is 1.36. The zero-order valence-electron chi connectivity index (χ0n) is 13.8. The average molecular weight is 342 g/mol. The molecule has 0 fully saturated rings. The molecule has 0 unspecified atom stereocenters. The van der Waals surface area contributed by atoms with E-state index in [1.807, 2.05) is 25.1 Å². The highest BCUT2D eigenvalue weighted by Crippen LogP contribution is 2.37. The zero-order valence-corrected chi connectivity index (χ0v) is 14.6. The van der Waals surface area contributed by atoms with Gasteiger partial charge in [-0.2, -0.15) is 0 Å². The van der Waals surface area contributed by atoms with Crippen LogP contribution in [0, 0.1) is 0 Å². The first-order chi connectivity index (χ1) is 11.5. The smallest absolute Gasteiger partial charge is 0.335 e. The van der Waals surface area contributed by atoms with Crippen LogP contribution in [-0.2, 0) is 6.42 Å². The first kappa shape index (κ1) is 16.4. The molecular weight excluding hydrogens is 324 g/mol. The second-order valence-electron chi connectivity index (χ2n) is 5.66. The van der Waals surface area contributed by atoms with Crippen molar-refractivity contribution in [2.45, 2.75) is 29.8 Å². The summed E-state index contributed by atoms with van der Waals surface area (Å²) in [5.74, 6) is -0.150. The molecule has 6 nitrogen and oxygen atoms in total. The maximum absolute atomic E-state index is 11.1. The fraction of sp³-hybridized carbons (Fsp3) is 0.294. The van der Waals surface area contributed by atoms with Crippen LogP contribution in [0.4, 0.5) is 11.5 Å². The summed E-state index contributed by atoms with van der Waals surface area (Å²) in [7, 11) is 3.86. The molecule has 2 aromatic rings. The fourth-order valence-electron chi connectivity index (χ4n) is 2.45. The van der Waals surface area contributed by atoms with Gasteiger partial charge in [0.1, 0.15) is 5.69 Å². The molecule has 0 bridgehead atoms. The van der Waals surface area contributed by atoms with E-state index < -0.39 is 5.97 Å². The van der Waals surface area contributed by atoms with E-state index in [1.165, 1.54) is 11.8 Å². The SMILES string of the molecule is CCC1=Nc2c(nc(Sc3cccc(C(=O)O)c3)nc2N(C)C)C1. The van der Waals surface area contributed by atoms with Crippen LogP contribution >= 0.6 is 11.8 Å². The van der Waals surface area contributed by atoms with E-state index in [0.29, 0.717) is 5.16 Å². The standard InChI is InChI=1S/C17H18N4O2S/c1-4-11-9-13-14(18-11)15(21(2)3)20-17(19-13)24-12-7-5-6-10(8-12)16(22)23/h5-8H,4,9H2,1-3H3,(H,22,23). The minimum absolute atomic E-state index is 0.255. The minimum Gasteiger partial charge on any atom is -0.478 e. The number of hydrogen-bond acceptors (Lipinski definition) is 6. The number of carboxylic acid groups (broad SMARTS) is 1. The lowest BCUT2D eigenvalue weighted by Crippen LogP contribution is -2.12. The summed E-state index contributed by atoms with van der Waals surface area (Å²) in [6.45, 7) is 2.08. The van der Waals surface area contributed by atoms with E-state index in [4.69, 9.17) is 5.11 Å². The van der Waals surface area contributed by atoms with Gasteiger partial charge in [-0.05, 0) is 36.4 Å². The van der Waals surface area contributed by atoms with E-state index in [-0.39, 0.29) is 5.56 Å². The Kier molecular flexibility index (Phi) is 4.53. The molecule has 0 radical (unpaired) electrons. The molecule has 0 saturated carbocycles. The van der Waals surface area contributed by atoms with Gasteiger partial charge in [0.05, 0.1) is 11.3 Å². The van der Waals surface area contributed by atoms with Gasteiger partial charge in [0, 0.05) is 31.1 Å². The largest absolute Gasteiger partial charge is 0.478 e. The van der Waals surface area contributed by atoms with Crippen molar-refractivity contribution in [1.82, 2.24) is 9.97 Å². The lowest BCUT2D eigenvalue weighted by atomic mass is 10.2. The Morgan fingerprint density at radius 3 is 2.79 bits per heavy atom. The number of carboxylic acids is 1. The predicted molar refractivity (Wildman–Crippen MR) is 95.0 cm³/mol. The monoisotopic (exact) mass is 342 g/mol. The van der Waals surface area contributed by atoms with Crippen LogP contribution in [0.25, 0.3) is 0 Å². The van der Waals surface area contributed by atoms with Crippen molar-refractivity contribution in [3.05, 3.63) is 35.5 Å². The Hall–Kier alpha value is -2.41. The van der Waals surface area contributed by atoms with E-state index in [2.05, 4.69) is 21.9 Å². The molecule has 1 aliphatic heterocycles. The van der Waals surface area contributed by atoms with Crippen molar-refractivity contribution in [3.8, 4) is 0 Å². The Bertz CT molecular complexity index is 833. The summed E-state index contributed by atoms with van der Waals surface area (Å²) in [5.41, 5.74) is 3.14. The molecule has 0 atom stereocenters. The van der Waals surface area contributed by atoms with Crippen LogP contribution in [-0.4, -0.2) is 40.9 Å². The summed E-state index contributed by atoms with van der Waals surface area (Å²) < 4.78 is 0. The van der Waals surface area contributed by atoms with E-state index >= 15 is 0 Å². The van der Waals surface area contributed by atoms with Crippen LogP contribution in [0.15, 0.2) is 39.3 Å². The van der Waals surface area contributed by atoms with Crippen molar-refractivity contribution >= 4 is 34.9 Å². The van der Waals surface area contributed by atoms with Crippen molar-refractivity contribution in [1.29, 1.82) is 0 Å². The lowest BCUT2D eigenvalue weighted by molar-refractivity contribution is 0.0696. The zero-order chi connectivity index (χ0) is 17.3. The molecule has 1 aliphatic rings. The molecule has 0 spiro atoms. The number of benzene rings is 1. The highest BCUT2D eigenvalue weighted by atomic mass is 32.2. The Morgan fingerprint density at radius 1 is 1.33 bits per heavy atom. The predicted octanol–water partition coefficient (Wildman–Crippen LogP) is 3.43. The third kappa shape index (κ3) is 3.26. The molecular formula is C17H18N4O2S. The molecule has 0 amide bonds. The molecule has 124 valence electrons. The Balaban J connectivity index is 1.95. The average Bonchev–Trinajstić information content (AvgIpc) is 2.97. The van der Waals surface area contributed by atoms with Crippen molar-refractivity contribution < 1.29 is 9.90 Å². The third-order valence-electron chi connectivity index (χ3n) is 3.68. The molecule has 0 saturated heterocycles. The number of rotatable bonds is 5. The van der Waals surface area contributed by atoms with E-state index in [1.54, 1.807) is 18.2 Å². The Morgan fingerprint density at radius 2 is 2.12 bits per heavy atom. The molecule has 1 aromatic heterocycles. The molecule has 7 heteroatoms. The van der Waals surface area contributed by atoms with Gasteiger partial charge in [0.2, 0.25) is 0 Å². The number of anilines is 1. The highest BCUT2D eigenvalue weighted by molar-refractivity contribution is 7.99. The summed E-state index contributed by atoms with van der Waals surface area (Å²) in [6, 6.07) is 6.79. The van der Waals surface area contributed by atoms with Crippen LogP contribution in [0.3, 0.4) is 0 Å².